The Morgan fingerprint density at radius 2 is 2.28 bits per heavy atom. The minimum atomic E-state index is -0.333. The van der Waals surface area contributed by atoms with E-state index in [1.54, 1.807) is 24.3 Å². The van der Waals surface area contributed by atoms with Crippen molar-refractivity contribution in [3.05, 3.63) is 89.5 Å². The molecule has 0 aliphatic heterocycles. The number of nitrogens with zero attached hydrogens (tertiary/aromatic N) is 1. The van der Waals surface area contributed by atoms with E-state index >= 15 is 0 Å². The van der Waals surface area contributed by atoms with Crippen LogP contribution >= 0.6 is 0 Å². The summed E-state index contributed by atoms with van der Waals surface area (Å²) >= 11 is 0. The van der Waals surface area contributed by atoms with Crippen LogP contribution in [0.4, 0.5) is 4.39 Å². The molecule has 1 heterocycles. The molecule has 6 heteroatoms. The standard InChI is InChI=1S/C23H24FN3O2/c1-2-8-19(24)11-7-12-21-20-15-18(13-14-22(20)26-25-21)23(28)27-29-16-17-9-5-3-4-6-10-17/h3,5-11,13-15H,2,4,12,16H2,1H3,(H,25,26)(H,27,28)/b11-7-,19-8+. The molecule has 0 bridgehead atoms. The quantitative estimate of drug-likeness (QED) is 0.488. The van der Waals surface area contributed by atoms with Crippen LogP contribution in [0, 0.1) is 0 Å². The molecule has 0 unspecified atom stereocenters. The van der Waals surface area contributed by atoms with Gasteiger partial charge in [0.15, 0.2) is 0 Å². The largest absolute Gasteiger partial charge is 0.281 e. The zero-order chi connectivity index (χ0) is 20.5. The second kappa shape index (κ2) is 10.3. The number of halogens is 1. The molecule has 1 aliphatic rings. The van der Waals surface area contributed by atoms with Crippen molar-refractivity contribution in [3.63, 3.8) is 0 Å². The fourth-order valence-corrected chi connectivity index (χ4v) is 2.88. The first kappa shape index (κ1) is 20.5. The topological polar surface area (TPSA) is 67.0 Å². The van der Waals surface area contributed by atoms with Crippen molar-refractivity contribution in [2.24, 2.45) is 0 Å². The first-order valence-electron chi connectivity index (χ1n) is 9.61. The molecular weight excluding hydrogens is 369 g/mol. The summed E-state index contributed by atoms with van der Waals surface area (Å²) in [5.74, 6) is -0.595. The van der Waals surface area contributed by atoms with Crippen LogP contribution in [0.25, 0.3) is 10.9 Å². The molecule has 1 aromatic carbocycles. The molecule has 1 aliphatic carbocycles. The Morgan fingerprint density at radius 3 is 3.14 bits per heavy atom. The van der Waals surface area contributed by atoms with Crippen LogP contribution < -0.4 is 5.48 Å². The minimum absolute atomic E-state index is 0.261. The van der Waals surface area contributed by atoms with Gasteiger partial charge in [0.25, 0.3) is 5.91 Å². The van der Waals surface area contributed by atoms with Crippen LogP contribution in [-0.4, -0.2) is 22.7 Å². The van der Waals surface area contributed by atoms with Crippen LogP contribution in [0.3, 0.4) is 0 Å². The summed E-state index contributed by atoms with van der Waals surface area (Å²) in [5, 5.41) is 8.00. The first-order chi connectivity index (χ1) is 14.2. The van der Waals surface area contributed by atoms with E-state index in [2.05, 4.69) is 15.7 Å². The van der Waals surface area contributed by atoms with Gasteiger partial charge < -0.3 is 0 Å². The van der Waals surface area contributed by atoms with Gasteiger partial charge in [0, 0.05) is 23.1 Å². The Hall–Kier alpha value is -3.25. The molecule has 0 saturated carbocycles. The monoisotopic (exact) mass is 393 g/mol. The van der Waals surface area contributed by atoms with Crippen molar-refractivity contribution in [1.82, 2.24) is 15.7 Å². The molecule has 0 atom stereocenters. The Bertz CT molecular complexity index is 1010. The lowest BCUT2D eigenvalue weighted by Crippen LogP contribution is -2.24. The highest BCUT2D eigenvalue weighted by Gasteiger charge is 2.10. The maximum Gasteiger partial charge on any atom is 0.274 e. The maximum absolute atomic E-state index is 13.5. The highest BCUT2D eigenvalue weighted by molar-refractivity contribution is 5.98. The number of hydrogen-bond acceptors (Lipinski definition) is 3. The van der Waals surface area contributed by atoms with Crippen molar-refractivity contribution in [3.8, 4) is 0 Å². The van der Waals surface area contributed by atoms with E-state index in [1.165, 1.54) is 12.2 Å². The zero-order valence-electron chi connectivity index (χ0n) is 16.3. The molecule has 2 aromatic rings. The lowest BCUT2D eigenvalue weighted by Gasteiger charge is -2.06. The molecule has 0 radical (unpaired) electrons. The first-order valence-corrected chi connectivity index (χ1v) is 9.61. The van der Waals surface area contributed by atoms with Crippen molar-refractivity contribution < 1.29 is 14.0 Å². The normalized spacial score (nSPS) is 14.4. The number of amides is 1. The number of carbonyl (C=O) groups excluding carboxylic acids is 1. The number of fused-ring (bicyclic) bond motifs is 1. The molecular formula is C23H24FN3O2. The smallest absolute Gasteiger partial charge is 0.274 e. The van der Waals surface area contributed by atoms with Crippen molar-refractivity contribution in [1.29, 1.82) is 0 Å². The van der Waals surface area contributed by atoms with E-state index in [0.717, 1.165) is 28.6 Å². The van der Waals surface area contributed by atoms with Gasteiger partial charge >= 0.3 is 0 Å². The number of H-pyrrole nitrogens is 1. The van der Waals surface area contributed by atoms with Crippen LogP contribution in [0.2, 0.25) is 0 Å². The van der Waals surface area contributed by atoms with E-state index in [-0.39, 0.29) is 18.3 Å². The second-order valence-electron chi connectivity index (χ2n) is 6.57. The van der Waals surface area contributed by atoms with Gasteiger partial charge in [-0.25, -0.2) is 9.87 Å². The summed E-state index contributed by atoms with van der Waals surface area (Å²) in [4.78, 5) is 17.8. The number of hydroxylamine groups is 1. The Kier molecular flexibility index (Phi) is 7.30. The Morgan fingerprint density at radius 1 is 1.38 bits per heavy atom. The number of nitrogens with one attached hydrogen (secondary N) is 2. The van der Waals surface area contributed by atoms with Gasteiger partial charge in [0.05, 0.1) is 12.1 Å². The van der Waals surface area contributed by atoms with Gasteiger partial charge in [-0.05, 0) is 48.8 Å². The molecule has 0 spiro atoms. The predicted octanol–water partition coefficient (Wildman–Crippen LogP) is 5.03. The molecule has 29 heavy (non-hydrogen) atoms. The van der Waals surface area contributed by atoms with Gasteiger partial charge in [0.2, 0.25) is 0 Å². The summed E-state index contributed by atoms with van der Waals surface area (Å²) in [5.41, 5.74) is 5.48. The summed E-state index contributed by atoms with van der Waals surface area (Å²) < 4.78 is 13.5. The highest BCUT2D eigenvalue weighted by Crippen LogP contribution is 2.19. The Balaban J connectivity index is 1.63. The molecule has 2 N–H and O–H groups in total. The number of benzene rings is 1. The van der Waals surface area contributed by atoms with Crippen LogP contribution in [0.15, 0.2) is 78.2 Å². The third kappa shape index (κ3) is 5.86. The predicted molar refractivity (Wildman–Crippen MR) is 113 cm³/mol. The summed E-state index contributed by atoms with van der Waals surface area (Å²) in [6, 6.07) is 5.22. The number of hydrogen-bond donors (Lipinski definition) is 2. The lowest BCUT2D eigenvalue weighted by molar-refractivity contribution is 0.0406. The van der Waals surface area contributed by atoms with Gasteiger partial charge in [-0.2, -0.15) is 5.10 Å². The SMILES string of the molecule is CC/C=C(F)\C=C/Cc1[nH]nc2ccc(C(=O)NOCC3=CC=CCC=C3)cc12. The van der Waals surface area contributed by atoms with Gasteiger partial charge in [0.1, 0.15) is 5.83 Å². The fraction of sp³-hybridized carbons (Fsp3) is 0.217. The Labute approximate surface area is 169 Å². The molecule has 0 saturated heterocycles. The van der Waals surface area contributed by atoms with Crippen LogP contribution in [0.5, 0.6) is 0 Å². The highest BCUT2D eigenvalue weighted by atomic mass is 19.1. The van der Waals surface area contributed by atoms with Crippen LogP contribution in [-0.2, 0) is 11.3 Å². The zero-order valence-corrected chi connectivity index (χ0v) is 16.3. The lowest BCUT2D eigenvalue weighted by atomic mass is 10.1. The van der Waals surface area contributed by atoms with Crippen molar-refractivity contribution in [2.45, 2.75) is 26.2 Å². The van der Waals surface area contributed by atoms with E-state index in [9.17, 15) is 9.18 Å². The minimum Gasteiger partial charge on any atom is -0.281 e. The van der Waals surface area contributed by atoms with E-state index in [1.807, 2.05) is 37.3 Å². The molecule has 1 amide bonds. The average Bonchev–Trinajstić information content (AvgIpc) is 2.93. The van der Waals surface area contributed by atoms with E-state index in [0.29, 0.717) is 18.4 Å². The number of rotatable bonds is 8. The third-order valence-corrected chi connectivity index (χ3v) is 4.35. The van der Waals surface area contributed by atoms with Gasteiger partial charge in [-0.3, -0.25) is 14.7 Å². The molecule has 150 valence electrons. The van der Waals surface area contributed by atoms with E-state index < -0.39 is 0 Å². The number of allylic oxidation sites excluding steroid dienone is 8. The molecule has 1 aromatic heterocycles. The molecule has 0 fully saturated rings. The third-order valence-electron chi connectivity index (χ3n) is 4.35. The maximum atomic E-state index is 13.5. The average molecular weight is 393 g/mol. The van der Waals surface area contributed by atoms with Gasteiger partial charge in [-0.1, -0.05) is 43.4 Å². The molecule has 3 rings (SSSR count). The van der Waals surface area contributed by atoms with Crippen LogP contribution in [0.1, 0.15) is 35.8 Å². The summed E-state index contributed by atoms with van der Waals surface area (Å²) in [6.07, 6.45) is 16.7. The van der Waals surface area contributed by atoms with Crippen molar-refractivity contribution >= 4 is 16.8 Å². The van der Waals surface area contributed by atoms with Gasteiger partial charge in [-0.15, -0.1) is 0 Å². The second-order valence-corrected chi connectivity index (χ2v) is 6.57. The number of carbonyl (C=O) groups is 1. The van der Waals surface area contributed by atoms with Crippen molar-refractivity contribution in [2.75, 3.05) is 6.61 Å². The fourth-order valence-electron chi connectivity index (χ4n) is 2.88. The number of aromatic nitrogens is 2. The number of aromatic amines is 1. The molecule has 5 nitrogen and oxygen atoms in total. The van der Waals surface area contributed by atoms with E-state index in [4.69, 9.17) is 4.84 Å². The summed E-state index contributed by atoms with van der Waals surface area (Å²) in [6.45, 7) is 2.17. The summed E-state index contributed by atoms with van der Waals surface area (Å²) in [7, 11) is 0.